The van der Waals surface area contributed by atoms with Gasteiger partial charge < -0.3 is 5.32 Å². The number of fused-ring (bicyclic) bond motifs is 1. The van der Waals surface area contributed by atoms with E-state index in [2.05, 4.69) is 26.0 Å². The summed E-state index contributed by atoms with van der Waals surface area (Å²) in [4.78, 5) is 38.0. The van der Waals surface area contributed by atoms with Crippen molar-refractivity contribution in [2.75, 3.05) is 0 Å². The zero-order valence-corrected chi connectivity index (χ0v) is 17.2. The minimum atomic E-state index is -1.26. The first-order valence-corrected chi connectivity index (χ1v) is 9.94. The smallest absolute Gasteiger partial charge is 0.272 e. The van der Waals surface area contributed by atoms with Gasteiger partial charge >= 0.3 is 0 Å². The number of aromatic nitrogens is 2. The molecule has 2 amide bonds. The summed E-state index contributed by atoms with van der Waals surface area (Å²) in [7, 11) is 0. The number of nitrogens with zero attached hydrogens (tertiary/aromatic N) is 2. The fourth-order valence-electron chi connectivity index (χ4n) is 3.20. The molecule has 3 N–H and O–H groups in total. The second-order valence-corrected chi connectivity index (χ2v) is 7.04. The van der Waals surface area contributed by atoms with Crippen molar-refractivity contribution in [2.24, 2.45) is 5.10 Å². The lowest BCUT2D eigenvalue weighted by molar-refractivity contribution is -0.123. The minimum absolute atomic E-state index is 0.156. The van der Waals surface area contributed by atoms with Crippen LogP contribution in [0.1, 0.15) is 27.7 Å². The topological polar surface area (TPSA) is 116 Å². The molecule has 9 heteroatoms. The van der Waals surface area contributed by atoms with Crippen LogP contribution in [-0.4, -0.2) is 28.2 Å². The standard InChI is InChI=1S/C24H18FN5O3/c25-17-12-10-15(11-13-17)14-26-29-24(33)21(27-22(31)16-6-2-1-3-7-16)20-18-8-4-5-9-19(18)23(32)30-28-20/h1-14,21H,(H,27,31)(H,29,33)(H,30,32)/t21-/m0/s1. The number of hydrogen-bond donors (Lipinski definition) is 3. The summed E-state index contributed by atoms with van der Waals surface area (Å²) in [6.45, 7) is 0. The number of hydrazone groups is 1. The Bertz CT molecular complexity index is 1380. The van der Waals surface area contributed by atoms with Gasteiger partial charge in [-0.2, -0.15) is 10.2 Å². The van der Waals surface area contributed by atoms with Crippen molar-refractivity contribution in [1.82, 2.24) is 20.9 Å². The Labute approximate surface area is 187 Å². The van der Waals surface area contributed by atoms with Crippen molar-refractivity contribution in [1.29, 1.82) is 0 Å². The maximum atomic E-state index is 13.1. The van der Waals surface area contributed by atoms with Crippen LogP contribution in [0.2, 0.25) is 0 Å². The molecular formula is C24H18FN5O3. The molecule has 33 heavy (non-hydrogen) atoms. The number of carbonyl (C=O) groups is 2. The highest BCUT2D eigenvalue weighted by molar-refractivity contribution is 5.99. The summed E-state index contributed by atoms with van der Waals surface area (Å²) < 4.78 is 13.1. The maximum Gasteiger partial charge on any atom is 0.272 e. The number of amides is 2. The molecule has 0 saturated heterocycles. The number of halogens is 1. The fraction of sp³-hybridized carbons (Fsp3) is 0.0417. The molecule has 0 aliphatic heterocycles. The van der Waals surface area contributed by atoms with Crippen molar-refractivity contribution in [3.05, 3.63) is 112 Å². The molecule has 1 aromatic heterocycles. The van der Waals surface area contributed by atoms with E-state index in [1.54, 1.807) is 54.6 Å². The van der Waals surface area contributed by atoms with Gasteiger partial charge in [0.25, 0.3) is 17.4 Å². The van der Waals surface area contributed by atoms with E-state index in [-0.39, 0.29) is 5.69 Å². The van der Waals surface area contributed by atoms with Crippen LogP contribution in [0.25, 0.3) is 10.8 Å². The predicted octanol–water partition coefficient (Wildman–Crippen LogP) is 2.68. The van der Waals surface area contributed by atoms with E-state index in [1.165, 1.54) is 30.5 Å². The van der Waals surface area contributed by atoms with E-state index in [0.717, 1.165) is 0 Å². The zero-order valence-electron chi connectivity index (χ0n) is 17.2. The van der Waals surface area contributed by atoms with Gasteiger partial charge in [-0.1, -0.05) is 48.5 Å². The van der Waals surface area contributed by atoms with E-state index in [9.17, 15) is 18.8 Å². The lowest BCUT2D eigenvalue weighted by Gasteiger charge is -2.18. The summed E-state index contributed by atoms with van der Waals surface area (Å²) in [6, 6.07) is 19.3. The SMILES string of the molecule is O=C(N[C@H](C(=O)NN=Cc1ccc(F)cc1)c1n[nH]c(=O)c2ccccc12)c1ccccc1. The van der Waals surface area contributed by atoms with Crippen molar-refractivity contribution in [3.8, 4) is 0 Å². The molecule has 0 bridgehead atoms. The Hall–Kier alpha value is -4.66. The number of benzene rings is 3. The monoisotopic (exact) mass is 443 g/mol. The Morgan fingerprint density at radius 2 is 1.61 bits per heavy atom. The number of carbonyl (C=O) groups excluding carboxylic acids is 2. The number of aromatic amines is 1. The molecular weight excluding hydrogens is 425 g/mol. The quantitative estimate of drug-likeness (QED) is 0.314. The highest BCUT2D eigenvalue weighted by Crippen LogP contribution is 2.20. The van der Waals surface area contributed by atoms with Crippen LogP contribution in [0.15, 0.2) is 88.8 Å². The third-order valence-electron chi connectivity index (χ3n) is 4.83. The molecule has 0 fully saturated rings. The first kappa shape index (κ1) is 21.6. The third kappa shape index (κ3) is 4.99. The van der Waals surface area contributed by atoms with Gasteiger partial charge in [0.05, 0.1) is 11.6 Å². The molecule has 4 aromatic rings. The van der Waals surface area contributed by atoms with Crippen LogP contribution in [0, 0.1) is 5.82 Å². The third-order valence-corrected chi connectivity index (χ3v) is 4.83. The molecule has 3 aromatic carbocycles. The molecule has 0 aliphatic carbocycles. The van der Waals surface area contributed by atoms with E-state index < -0.39 is 29.2 Å². The normalized spacial score (nSPS) is 11.9. The summed E-state index contributed by atoms with van der Waals surface area (Å²) >= 11 is 0. The predicted molar refractivity (Wildman–Crippen MR) is 121 cm³/mol. The summed E-state index contributed by atoms with van der Waals surface area (Å²) in [5, 5.41) is 13.7. The van der Waals surface area contributed by atoms with Crippen molar-refractivity contribution < 1.29 is 14.0 Å². The second-order valence-electron chi connectivity index (χ2n) is 7.04. The Morgan fingerprint density at radius 3 is 2.33 bits per heavy atom. The first-order valence-electron chi connectivity index (χ1n) is 9.94. The van der Waals surface area contributed by atoms with Gasteiger partial charge in [0.2, 0.25) is 0 Å². The van der Waals surface area contributed by atoms with Crippen LogP contribution in [0.5, 0.6) is 0 Å². The van der Waals surface area contributed by atoms with E-state index >= 15 is 0 Å². The molecule has 0 unspecified atom stereocenters. The summed E-state index contributed by atoms with van der Waals surface area (Å²) in [5.41, 5.74) is 3.02. The fourth-order valence-corrected chi connectivity index (χ4v) is 3.20. The van der Waals surface area contributed by atoms with Gasteiger partial charge in [-0.3, -0.25) is 14.4 Å². The van der Waals surface area contributed by atoms with Crippen molar-refractivity contribution in [2.45, 2.75) is 6.04 Å². The van der Waals surface area contributed by atoms with E-state index in [4.69, 9.17) is 0 Å². The number of hydrogen-bond acceptors (Lipinski definition) is 5. The number of nitrogens with one attached hydrogen (secondary N) is 3. The highest BCUT2D eigenvalue weighted by atomic mass is 19.1. The molecule has 1 atom stereocenters. The van der Waals surface area contributed by atoms with Gasteiger partial charge in [0.1, 0.15) is 11.5 Å². The molecule has 0 radical (unpaired) electrons. The number of rotatable bonds is 6. The average Bonchev–Trinajstić information content (AvgIpc) is 2.85. The van der Waals surface area contributed by atoms with E-state index in [0.29, 0.717) is 21.9 Å². The van der Waals surface area contributed by atoms with Gasteiger partial charge in [-0.05, 0) is 35.9 Å². The van der Waals surface area contributed by atoms with Gasteiger partial charge in [0, 0.05) is 10.9 Å². The van der Waals surface area contributed by atoms with E-state index in [1.807, 2.05) is 0 Å². The Morgan fingerprint density at radius 1 is 0.939 bits per heavy atom. The van der Waals surface area contributed by atoms with Crippen LogP contribution in [0.4, 0.5) is 4.39 Å². The lowest BCUT2D eigenvalue weighted by Crippen LogP contribution is -2.40. The van der Waals surface area contributed by atoms with Gasteiger partial charge in [-0.15, -0.1) is 0 Å². The Balaban J connectivity index is 1.66. The summed E-state index contributed by atoms with van der Waals surface area (Å²) in [5.74, 6) is -1.58. The van der Waals surface area contributed by atoms with Crippen LogP contribution < -0.4 is 16.3 Å². The van der Waals surface area contributed by atoms with Crippen LogP contribution in [0.3, 0.4) is 0 Å². The molecule has 0 spiro atoms. The lowest BCUT2D eigenvalue weighted by atomic mass is 10.0. The Kier molecular flexibility index (Phi) is 6.31. The van der Waals surface area contributed by atoms with Gasteiger partial charge in [-0.25, -0.2) is 14.9 Å². The first-order chi connectivity index (χ1) is 16.0. The zero-order chi connectivity index (χ0) is 23.2. The number of H-pyrrole nitrogens is 1. The minimum Gasteiger partial charge on any atom is -0.335 e. The molecule has 8 nitrogen and oxygen atoms in total. The maximum absolute atomic E-state index is 13.1. The largest absolute Gasteiger partial charge is 0.335 e. The van der Waals surface area contributed by atoms with Crippen molar-refractivity contribution in [3.63, 3.8) is 0 Å². The molecule has 1 heterocycles. The van der Waals surface area contributed by atoms with Gasteiger partial charge in [0.15, 0.2) is 6.04 Å². The summed E-state index contributed by atoms with van der Waals surface area (Å²) in [6.07, 6.45) is 1.34. The molecule has 0 saturated carbocycles. The average molecular weight is 443 g/mol. The highest BCUT2D eigenvalue weighted by Gasteiger charge is 2.27. The molecule has 0 aliphatic rings. The van der Waals surface area contributed by atoms with Crippen LogP contribution >= 0.6 is 0 Å². The molecule has 4 rings (SSSR count). The van der Waals surface area contributed by atoms with Crippen molar-refractivity contribution >= 4 is 28.8 Å². The second kappa shape index (κ2) is 9.65. The molecule has 164 valence electrons. The van der Waals surface area contributed by atoms with Crippen LogP contribution in [-0.2, 0) is 4.79 Å².